The molecule has 3 rings (SSSR count). The van der Waals surface area contributed by atoms with Crippen LogP contribution in [0.1, 0.15) is 5.56 Å². The number of carboxylic acids is 1. The first-order valence-electron chi connectivity index (χ1n) is 7.82. The van der Waals surface area contributed by atoms with Gasteiger partial charge in [0.15, 0.2) is 17.1 Å². The molecular weight excluding hydrogens is 356 g/mol. The van der Waals surface area contributed by atoms with Gasteiger partial charge < -0.3 is 15.4 Å². The normalized spacial score (nSPS) is 19.2. The van der Waals surface area contributed by atoms with Gasteiger partial charge in [0, 0.05) is 36.8 Å². The molecule has 0 spiro atoms. The minimum Gasteiger partial charge on any atom is -0.480 e. The number of carbonyl (C=O) groups excluding carboxylic acids is 2. The third-order valence-electron chi connectivity index (χ3n) is 4.20. The summed E-state index contributed by atoms with van der Waals surface area (Å²) in [4.78, 5) is 43.9. The minimum atomic E-state index is -1.20. The van der Waals surface area contributed by atoms with Crippen LogP contribution in [0, 0.1) is 5.92 Å². The number of aliphatic carboxylic acids is 1. The molecule has 0 radical (unpaired) electrons. The Labute approximate surface area is 153 Å². The number of rotatable bonds is 5. The zero-order valence-corrected chi connectivity index (χ0v) is 14.6. The molecule has 134 valence electrons. The van der Waals surface area contributed by atoms with Gasteiger partial charge in [0.05, 0.1) is 0 Å². The highest BCUT2D eigenvalue weighted by Crippen LogP contribution is 2.20. The van der Waals surface area contributed by atoms with E-state index in [2.05, 4.69) is 15.3 Å². The zero-order valence-electron chi connectivity index (χ0n) is 13.8. The molecule has 8 nitrogen and oxygen atoms in total. The monoisotopic (exact) mass is 372 g/mol. The molecular formula is C17H16N4O4S. The molecule has 2 aromatic rings. The van der Waals surface area contributed by atoms with E-state index in [0.717, 1.165) is 27.6 Å². The predicted octanol–water partition coefficient (Wildman–Crippen LogP) is 0.724. The number of benzene rings is 1. The van der Waals surface area contributed by atoms with Gasteiger partial charge in [-0.15, -0.1) is 0 Å². The second-order valence-electron chi connectivity index (χ2n) is 5.89. The fourth-order valence-corrected chi connectivity index (χ4v) is 2.91. The summed E-state index contributed by atoms with van der Waals surface area (Å²) in [5, 5.41) is 12.8. The first-order valence-corrected chi connectivity index (χ1v) is 8.23. The molecule has 0 bridgehead atoms. The molecule has 2 heterocycles. The number of nitrogens with one attached hydrogen (secondary N) is 2. The summed E-state index contributed by atoms with van der Waals surface area (Å²) >= 11 is 4.87. The van der Waals surface area contributed by atoms with Crippen LogP contribution in [-0.4, -0.2) is 57.2 Å². The lowest BCUT2D eigenvalue weighted by Gasteiger charge is -2.27. The van der Waals surface area contributed by atoms with Crippen molar-refractivity contribution >= 4 is 52.2 Å². The molecule has 3 N–H and O–H groups in total. The lowest BCUT2D eigenvalue weighted by atomic mass is 10.0. The second kappa shape index (κ2) is 7.04. The maximum Gasteiger partial charge on any atom is 0.328 e. The Bertz CT molecular complexity index is 936. The molecule has 2 amide bonds. The number of nitrogens with zero attached hydrogens (tertiary/aromatic N) is 2. The van der Waals surface area contributed by atoms with Crippen LogP contribution in [0.15, 0.2) is 35.5 Å². The number of aromatic nitrogens is 1. The minimum absolute atomic E-state index is 0.0122. The van der Waals surface area contributed by atoms with Crippen molar-refractivity contribution in [2.75, 3.05) is 7.05 Å². The Morgan fingerprint density at radius 2 is 2.15 bits per heavy atom. The van der Waals surface area contributed by atoms with Crippen LogP contribution in [0.25, 0.3) is 10.9 Å². The van der Waals surface area contributed by atoms with Crippen molar-refractivity contribution < 1.29 is 19.5 Å². The van der Waals surface area contributed by atoms with Crippen LogP contribution in [0.5, 0.6) is 0 Å². The number of hydrogen-bond donors (Lipinski definition) is 3. The molecule has 1 aromatic heterocycles. The summed E-state index contributed by atoms with van der Waals surface area (Å²) < 4.78 is 0. The van der Waals surface area contributed by atoms with Crippen LogP contribution in [-0.2, 0) is 20.8 Å². The van der Waals surface area contributed by atoms with Gasteiger partial charge in [-0.25, -0.2) is 4.79 Å². The van der Waals surface area contributed by atoms with Crippen molar-refractivity contribution in [1.82, 2.24) is 15.2 Å². The Hall–Kier alpha value is -3.07. The van der Waals surface area contributed by atoms with E-state index in [-0.39, 0.29) is 11.5 Å². The Morgan fingerprint density at radius 3 is 2.88 bits per heavy atom. The average molecular weight is 372 g/mol. The smallest absolute Gasteiger partial charge is 0.328 e. The van der Waals surface area contributed by atoms with Gasteiger partial charge in [-0.2, -0.15) is 0 Å². The maximum atomic E-state index is 12.2. The fraction of sp³-hybridized carbons (Fsp3) is 0.235. The molecule has 1 aliphatic heterocycles. The van der Waals surface area contributed by atoms with Crippen LogP contribution in [0.3, 0.4) is 0 Å². The van der Waals surface area contributed by atoms with Crippen LogP contribution < -0.4 is 5.32 Å². The van der Waals surface area contributed by atoms with E-state index < -0.39 is 29.7 Å². The molecule has 1 saturated heterocycles. The molecule has 1 aliphatic rings. The summed E-state index contributed by atoms with van der Waals surface area (Å²) in [5.74, 6) is -3.49. The van der Waals surface area contributed by atoms with Crippen molar-refractivity contribution in [2.45, 2.75) is 12.5 Å². The van der Waals surface area contributed by atoms with Gasteiger partial charge in [0.25, 0.3) is 0 Å². The topological polar surface area (TPSA) is 115 Å². The molecule has 0 unspecified atom stereocenters. The number of hydrogen-bond acceptors (Lipinski definition) is 5. The van der Waals surface area contributed by atoms with Gasteiger partial charge in [-0.3, -0.25) is 19.5 Å². The third kappa shape index (κ3) is 3.33. The van der Waals surface area contributed by atoms with Gasteiger partial charge in [0.2, 0.25) is 11.8 Å². The van der Waals surface area contributed by atoms with Gasteiger partial charge in [-0.1, -0.05) is 18.2 Å². The first-order chi connectivity index (χ1) is 12.4. The molecule has 0 saturated carbocycles. The summed E-state index contributed by atoms with van der Waals surface area (Å²) in [6.45, 7) is 0. The van der Waals surface area contributed by atoms with Crippen LogP contribution in [0.2, 0.25) is 0 Å². The summed E-state index contributed by atoms with van der Waals surface area (Å²) in [5.41, 5.74) is 1.69. The third-order valence-corrected chi connectivity index (χ3v) is 4.58. The van der Waals surface area contributed by atoms with Gasteiger partial charge in [-0.05, 0) is 23.8 Å². The van der Waals surface area contributed by atoms with E-state index in [4.69, 9.17) is 12.2 Å². The highest BCUT2D eigenvalue weighted by Gasteiger charge is 2.35. The average Bonchev–Trinajstić information content (AvgIpc) is 3.01. The van der Waals surface area contributed by atoms with Gasteiger partial charge >= 0.3 is 5.97 Å². The lowest BCUT2D eigenvalue weighted by molar-refractivity contribution is -0.139. The van der Waals surface area contributed by atoms with Crippen molar-refractivity contribution in [1.29, 1.82) is 0 Å². The number of thiocarbonyl (C=S) groups is 1. The molecule has 26 heavy (non-hydrogen) atoms. The van der Waals surface area contributed by atoms with E-state index >= 15 is 0 Å². The van der Waals surface area contributed by atoms with E-state index in [9.17, 15) is 19.5 Å². The molecule has 9 heteroatoms. The Balaban J connectivity index is 1.81. The quantitative estimate of drug-likeness (QED) is 0.406. The standard InChI is InChI=1S/C17H16N4O4S/c1-21-15(23)11(14(22)20-17(21)26)8-19-13(16(24)25)6-9-7-18-12-5-3-2-4-10(9)12/h2-5,7-8,11,13,18H,6H2,1H3,(H,24,25)(H,20,22,26)/t11-,13-/m0/s1. The Morgan fingerprint density at radius 1 is 1.42 bits per heavy atom. The SMILES string of the molecule is CN1C(=O)[C@@H](C=N[C@@H](Cc2c[nH]c3ccccc23)C(=O)O)C(=O)NC1=S. The molecule has 1 fully saturated rings. The highest BCUT2D eigenvalue weighted by molar-refractivity contribution is 7.80. The number of fused-ring (bicyclic) bond motifs is 1. The molecule has 1 aromatic carbocycles. The van der Waals surface area contributed by atoms with E-state index in [0.29, 0.717) is 0 Å². The van der Waals surface area contributed by atoms with Gasteiger partial charge in [0.1, 0.15) is 0 Å². The second-order valence-corrected chi connectivity index (χ2v) is 6.27. The predicted molar refractivity (Wildman–Crippen MR) is 98.9 cm³/mol. The highest BCUT2D eigenvalue weighted by atomic mass is 32.1. The van der Waals surface area contributed by atoms with Crippen molar-refractivity contribution in [3.63, 3.8) is 0 Å². The van der Waals surface area contributed by atoms with Crippen molar-refractivity contribution in [2.24, 2.45) is 10.9 Å². The number of para-hydroxylation sites is 1. The van der Waals surface area contributed by atoms with Crippen molar-refractivity contribution in [3.8, 4) is 0 Å². The van der Waals surface area contributed by atoms with Crippen LogP contribution >= 0.6 is 12.2 Å². The fourth-order valence-electron chi connectivity index (χ4n) is 2.72. The van der Waals surface area contributed by atoms with Crippen LogP contribution in [0.4, 0.5) is 0 Å². The number of H-pyrrole nitrogens is 1. The maximum absolute atomic E-state index is 12.2. The van der Waals surface area contributed by atoms with E-state index in [1.165, 1.54) is 7.05 Å². The lowest BCUT2D eigenvalue weighted by Crippen LogP contribution is -2.56. The number of aromatic amines is 1. The Kier molecular flexibility index (Phi) is 4.81. The first kappa shape index (κ1) is 17.7. The molecule has 0 aliphatic carbocycles. The van der Waals surface area contributed by atoms with E-state index in [1.54, 1.807) is 6.20 Å². The number of carboxylic acid groups (broad SMARTS) is 1. The molecule has 2 atom stereocenters. The number of amides is 2. The summed E-state index contributed by atoms with van der Waals surface area (Å²) in [6, 6.07) is 6.40. The zero-order chi connectivity index (χ0) is 18.8. The summed E-state index contributed by atoms with van der Waals surface area (Å²) in [7, 11) is 1.44. The number of carbonyl (C=O) groups is 3. The largest absolute Gasteiger partial charge is 0.480 e. The summed E-state index contributed by atoms with van der Waals surface area (Å²) in [6.07, 6.45) is 2.96. The van der Waals surface area contributed by atoms with Crippen molar-refractivity contribution in [3.05, 3.63) is 36.0 Å². The number of aliphatic imine (C=N–C) groups is 1. The van der Waals surface area contributed by atoms with E-state index in [1.807, 2.05) is 24.3 Å².